The van der Waals surface area contributed by atoms with E-state index in [1.807, 2.05) is 61.9 Å². The van der Waals surface area contributed by atoms with Gasteiger partial charge in [0.2, 0.25) is 0 Å². The highest BCUT2D eigenvalue weighted by Gasteiger charge is 2.18. The molecule has 0 bridgehead atoms. The Hall–Kier alpha value is -2.26. The number of carbonyl (C=O) groups excluding carboxylic acids is 1. The van der Waals surface area contributed by atoms with E-state index in [0.29, 0.717) is 17.3 Å². The SMILES string of the molecule is Cc1cccc(CNC(=O)c2c(C)c3cc(Cl)ccc3n2C)c1. The van der Waals surface area contributed by atoms with Crippen molar-refractivity contribution in [3.8, 4) is 0 Å². The maximum Gasteiger partial charge on any atom is 0.268 e. The summed E-state index contributed by atoms with van der Waals surface area (Å²) in [6.45, 7) is 4.52. The molecule has 4 heteroatoms. The molecule has 0 saturated carbocycles. The van der Waals surface area contributed by atoms with Gasteiger partial charge >= 0.3 is 0 Å². The molecule has 0 fully saturated rings. The van der Waals surface area contributed by atoms with Gasteiger partial charge < -0.3 is 9.88 Å². The molecule has 0 aliphatic rings. The fraction of sp³-hybridized carbons (Fsp3) is 0.211. The van der Waals surface area contributed by atoms with Crippen LogP contribution < -0.4 is 5.32 Å². The molecule has 118 valence electrons. The molecule has 0 saturated heterocycles. The maximum absolute atomic E-state index is 12.6. The van der Waals surface area contributed by atoms with Crippen molar-refractivity contribution >= 4 is 28.4 Å². The van der Waals surface area contributed by atoms with E-state index in [0.717, 1.165) is 22.0 Å². The van der Waals surface area contributed by atoms with Crippen molar-refractivity contribution in [2.45, 2.75) is 20.4 Å². The van der Waals surface area contributed by atoms with Crippen molar-refractivity contribution in [2.24, 2.45) is 7.05 Å². The quantitative estimate of drug-likeness (QED) is 0.761. The molecule has 0 aliphatic heterocycles. The lowest BCUT2D eigenvalue weighted by Gasteiger charge is -2.08. The summed E-state index contributed by atoms with van der Waals surface area (Å²) in [5, 5.41) is 4.70. The monoisotopic (exact) mass is 326 g/mol. The highest BCUT2D eigenvalue weighted by Crippen LogP contribution is 2.27. The number of aromatic nitrogens is 1. The van der Waals surface area contributed by atoms with Crippen molar-refractivity contribution < 1.29 is 4.79 Å². The van der Waals surface area contributed by atoms with E-state index in [9.17, 15) is 4.79 Å². The summed E-state index contributed by atoms with van der Waals surface area (Å²) < 4.78 is 1.92. The molecule has 3 rings (SSSR count). The fourth-order valence-corrected chi connectivity index (χ4v) is 3.18. The number of fused-ring (bicyclic) bond motifs is 1. The lowest BCUT2D eigenvalue weighted by Crippen LogP contribution is -2.25. The minimum Gasteiger partial charge on any atom is -0.347 e. The average molecular weight is 327 g/mol. The molecule has 0 unspecified atom stereocenters. The van der Waals surface area contributed by atoms with Crippen LogP contribution in [0.15, 0.2) is 42.5 Å². The van der Waals surface area contributed by atoms with Crippen molar-refractivity contribution in [1.29, 1.82) is 0 Å². The number of hydrogen-bond donors (Lipinski definition) is 1. The molecule has 1 heterocycles. The summed E-state index contributed by atoms with van der Waals surface area (Å²) in [6, 6.07) is 13.8. The van der Waals surface area contributed by atoms with Crippen molar-refractivity contribution in [3.05, 3.63) is 69.9 Å². The summed E-state index contributed by atoms with van der Waals surface area (Å²) in [5.41, 5.74) is 4.92. The topological polar surface area (TPSA) is 34.0 Å². The van der Waals surface area contributed by atoms with E-state index in [1.165, 1.54) is 5.56 Å². The maximum atomic E-state index is 12.6. The van der Waals surface area contributed by atoms with Gasteiger partial charge in [0.1, 0.15) is 5.69 Å². The van der Waals surface area contributed by atoms with E-state index < -0.39 is 0 Å². The van der Waals surface area contributed by atoms with E-state index in [1.54, 1.807) is 0 Å². The van der Waals surface area contributed by atoms with Crippen LogP contribution in [0.1, 0.15) is 27.2 Å². The predicted molar refractivity (Wildman–Crippen MR) is 95.0 cm³/mol. The Bertz CT molecular complexity index is 896. The number of nitrogens with zero attached hydrogens (tertiary/aromatic N) is 1. The third kappa shape index (κ3) is 2.97. The molecule has 1 amide bonds. The van der Waals surface area contributed by atoms with Gasteiger partial charge in [-0.3, -0.25) is 4.79 Å². The van der Waals surface area contributed by atoms with Gasteiger partial charge in [-0.15, -0.1) is 0 Å². The van der Waals surface area contributed by atoms with E-state index >= 15 is 0 Å². The van der Waals surface area contributed by atoms with Gasteiger partial charge in [-0.1, -0.05) is 41.4 Å². The first kappa shape index (κ1) is 15.6. The van der Waals surface area contributed by atoms with Crippen LogP contribution in [0, 0.1) is 13.8 Å². The van der Waals surface area contributed by atoms with Crippen LogP contribution in [-0.2, 0) is 13.6 Å². The zero-order chi connectivity index (χ0) is 16.6. The zero-order valence-electron chi connectivity index (χ0n) is 13.5. The summed E-state index contributed by atoms with van der Waals surface area (Å²) in [7, 11) is 1.91. The van der Waals surface area contributed by atoms with Crippen LogP contribution in [0.25, 0.3) is 10.9 Å². The molecule has 0 atom stereocenters. The first-order chi connectivity index (χ1) is 11.0. The van der Waals surface area contributed by atoms with Crippen molar-refractivity contribution in [2.75, 3.05) is 0 Å². The first-order valence-electron chi connectivity index (χ1n) is 7.55. The van der Waals surface area contributed by atoms with Gasteiger partial charge in [0.05, 0.1) is 0 Å². The van der Waals surface area contributed by atoms with Gasteiger partial charge in [0, 0.05) is 29.5 Å². The summed E-state index contributed by atoms with van der Waals surface area (Å²) >= 11 is 6.08. The van der Waals surface area contributed by atoms with Crippen molar-refractivity contribution in [3.63, 3.8) is 0 Å². The Kier molecular flexibility index (Phi) is 4.14. The number of benzene rings is 2. The second-order valence-electron chi connectivity index (χ2n) is 5.87. The third-order valence-corrected chi connectivity index (χ3v) is 4.40. The minimum absolute atomic E-state index is 0.0705. The van der Waals surface area contributed by atoms with E-state index in [4.69, 9.17) is 11.6 Å². The van der Waals surface area contributed by atoms with Gasteiger partial charge in [0.15, 0.2) is 0 Å². The highest BCUT2D eigenvalue weighted by atomic mass is 35.5. The normalized spacial score (nSPS) is 11.0. The Morgan fingerprint density at radius 2 is 1.96 bits per heavy atom. The molecular weight excluding hydrogens is 308 g/mol. The third-order valence-electron chi connectivity index (χ3n) is 4.17. The highest BCUT2D eigenvalue weighted by molar-refractivity contribution is 6.31. The summed E-state index contributed by atoms with van der Waals surface area (Å²) in [6.07, 6.45) is 0. The van der Waals surface area contributed by atoms with Crippen molar-refractivity contribution in [1.82, 2.24) is 9.88 Å². The molecule has 3 nitrogen and oxygen atoms in total. The summed E-state index contributed by atoms with van der Waals surface area (Å²) in [4.78, 5) is 12.6. The molecule has 0 radical (unpaired) electrons. The van der Waals surface area contributed by atoms with Crippen LogP contribution in [-0.4, -0.2) is 10.5 Å². The molecule has 0 spiro atoms. The molecule has 3 aromatic rings. The van der Waals surface area contributed by atoms with Crippen LogP contribution in [0.5, 0.6) is 0 Å². The lowest BCUT2D eigenvalue weighted by molar-refractivity contribution is 0.0942. The smallest absolute Gasteiger partial charge is 0.268 e. The number of amides is 1. The number of aryl methyl sites for hydroxylation is 3. The molecule has 0 aliphatic carbocycles. The molecule has 2 aromatic carbocycles. The molecular formula is C19H19ClN2O. The summed E-state index contributed by atoms with van der Waals surface area (Å²) in [5.74, 6) is -0.0705. The molecule has 1 N–H and O–H groups in total. The number of hydrogen-bond acceptors (Lipinski definition) is 1. The van der Waals surface area contributed by atoms with Gasteiger partial charge in [-0.2, -0.15) is 0 Å². The van der Waals surface area contributed by atoms with E-state index in [-0.39, 0.29) is 5.91 Å². The fourth-order valence-electron chi connectivity index (χ4n) is 3.01. The minimum atomic E-state index is -0.0705. The second kappa shape index (κ2) is 6.09. The Morgan fingerprint density at radius 3 is 2.70 bits per heavy atom. The first-order valence-corrected chi connectivity index (χ1v) is 7.93. The van der Waals surface area contributed by atoms with E-state index in [2.05, 4.69) is 11.4 Å². The number of nitrogens with one attached hydrogen (secondary N) is 1. The Morgan fingerprint density at radius 1 is 1.17 bits per heavy atom. The number of rotatable bonds is 3. The largest absolute Gasteiger partial charge is 0.347 e. The van der Waals surface area contributed by atoms with Gasteiger partial charge in [-0.05, 0) is 43.2 Å². The van der Waals surface area contributed by atoms with Crippen LogP contribution >= 0.6 is 11.6 Å². The van der Waals surface area contributed by atoms with Crippen LogP contribution in [0.2, 0.25) is 5.02 Å². The van der Waals surface area contributed by atoms with Gasteiger partial charge in [-0.25, -0.2) is 0 Å². The second-order valence-corrected chi connectivity index (χ2v) is 6.30. The molecule has 23 heavy (non-hydrogen) atoms. The predicted octanol–water partition coefficient (Wildman–Crippen LogP) is 4.38. The Balaban J connectivity index is 1.89. The van der Waals surface area contributed by atoms with Crippen LogP contribution in [0.3, 0.4) is 0 Å². The number of halogens is 1. The standard InChI is InChI=1S/C19H19ClN2O/c1-12-5-4-6-14(9-12)11-21-19(23)18-13(2)16-10-15(20)7-8-17(16)22(18)3/h4-10H,11H2,1-3H3,(H,21,23). The molecule has 1 aromatic heterocycles. The van der Waals surface area contributed by atoms with Crippen LogP contribution in [0.4, 0.5) is 0 Å². The Labute approximate surface area is 140 Å². The lowest BCUT2D eigenvalue weighted by atomic mass is 10.1. The van der Waals surface area contributed by atoms with Gasteiger partial charge in [0.25, 0.3) is 5.91 Å². The average Bonchev–Trinajstić information content (AvgIpc) is 2.76. The zero-order valence-corrected chi connectivity index (χ0v) is 14.2. The number of carbonyl (C=O) groups is 1.